The lowest BCUT2D eigenvalue weighted by Gasteiger charge is -2.07. The van der Waals surface area contributed by atoms with Gasteiger partial charge in [-0.1, -0.05) is 42.5 Å². The van der Waals surface area contributed by atoms with Gasteiger partial charge < -0.3 is 11.5 Å². The van der Waals surface area contributed by atoms with Gasteiger partial charge in [0.2, 0.25) is 0 Å². The molecule has 180 valence electrons. The van der Waals surface area contributed by atoms with Crippen molar-refractivity contribution < 1.29 is 14.0 Å². The summed E-state index contributed by atoms with van der Waals surface area (Å²) in [6.07, 6.45) is -0.00236. The molecule has 0 radical (unpaired) electrons. The lowest BCUT2D eigenvalue weighted by Crippen LogP contribution is -2.15. The summed E-state index contributed by atoms with van der Waals surface area (Å²) >= 11 is 0. The number of aryl methyl sites for hydroxylation is 1. The molecule has 0 aliphatic heterocycles. The SMILES string of the molecule is CC(C)n1nc(-c2ccc(CC(=O)Cc3cc(-c4ccccc4)n(C)n3)c(F)c2)c(C(N)=O)c1N. The summed E-state index contributed by atoms with van der Waals surface area (Å²) in [4.78, 5) is 24.7. The van der Waals surface area contributed by atoms with Crippen molar-refractivity contribution in [1.82, 2.24) is 19.6 Å². The summed E-state index contributed by atoms with van der Waals surface area (Å²) in [6, 6.07) is 15.9. The van der Waals surface area contributed by atoms with Crippen LogP contribution in [-0.4, -0.2) is 31.3 Å². The maximum atomic E-state index is 15.0. The quantitative estimate of drug-likeness (QED) is 0.403. The van der Waals surface area contributed by atoms with Gasteiger partial charge in [0.15, 0.2) is 0 Å². The Morgan fingerprint density at radius 3 is 2.34 bits per heavy atom. The molecule has 0 aliphatic carbocycles. The number of rotatable bonds is 8. The number of primary amides is 1. The van der Waals surface area contributed by atoms with Gasteiger partial charge in [-0.3, -0.25) is 14.3 Å². The fourth-order valence-electron chi connectivity index (χ4n) is 4.09. The summed E-state index contributed by atoms with van der Waals surface area (Å²) < 4.78 is 18.2. The minimum Gasteiger partial charge on any atom is -0.383 e. The van der Waals surface area contributed by atoms with Crippen molar-refractivity contribution in [1.29, 1.82) is 0 Å². The van der Waals surface area contributed by atoms with Crippen LogP contribution in [0.3, 0.4) is 0 Å². The number of benzene rings is 2. The lowest BCUT2D eigenvalue weighted by atomic mass is 10.0. The Kier molecular flexibility index (Phi) is 6.50. The maximum absolute atomic E-state index is 15.0. The van der Waals surface area contributed by atoms with Crippen LogP contribution < -0.4 is 11.5 Å². The van der Waals surface area contributed by atoms with Gasteiger partial charge in [-0.15, -0.1) is 0 Å². The molecule has 35 heavy (non-hydrogen) atoms. The van der Waals surface area contributed by atoms with Crippen LogP contribution in [0.2, 0.25) is 0 Å². The van der Waals surface area contributed by atoms with Gasteiger partial charge in [-0.25, -0.2) is 9.07 Å². The first-order valence-electron chi connectivity index (χ1n) is 11.2. The Hall–Kier alpha value is -4.27. The van der Waals surface area contributed by atoms with Gasteiger partial charge in [0.05, 0.1) is 17.8 Å². The molecule has 0 saturated heterocycles. The topological polar surface area (TPSA) is 122 Å². The lowest BCUT2D eigenvalue weighted by molar-refractivity contribution is -0.117. The second-order valence-electron chi connectivity index (χ2n) is 8.72. The van der Waals surface area contributed by atoms with E-state index in [9.17, 15) is 14.0 Å². The second-order valence-corrected chi connectivity index (χ2v) is 8.72. The van der Waals surface area contributed by atoms with Crippen molar-refractivity contribution in [2.75, 3.05) is 5.73 Å². The standard InChI is InChI=1S/C26H27FN6O2/c1-15(2)33-25(28)23(26(29)35)24(31-33)18-10-9-17(21(27)12-18)11-20(34)13-19-14-22(32(3)30-19)16-7-5-4-6-8-16/h4-10,12,14-15H,11,13,28H2,1-3H3,(H2,29,35). The Bertz CT molecular complexity index is 1400. The first-order valence-corrected chi connectivity index (χ1v) is 11.2. The highest BCUT2D eigenvalue weighted by Crippen LogP contribution is 2.30. The van der Waals surface area contributed by atoms with E-state index in [2.05, 4.69) is 10.2 Å². The largest absolute Gasteiger partial charge is 0.383 e. The Balaban J connectivity index is 1.53. The second kappa shape index (κ2) is 9.54. The van der Waals surface area contributed by atoms with E-state index in [1.54, 1.807) is 10.7 Å². The number of aromatic nitrogens is 4. The van der Waals surface area contributed by atoms with Crippen molar-refractivity contribution in [3.63, 3.8) is 0 Å². The van der Waals surface area contributed by atoms with Crippen molar-refractivity contribution in [3.8, 4) is 22.5 Å². The number of amides is 1. The van der Waals surface area contributed by atoms with Crippen molar-refractivity contribution >= 4 is 17.5 Å². The van der Waals surface area contributed by atoms with Gasteiger partial charge in [-0.2, -0.15) is 10.2 Å². The molecule has 4 aromatic rings. The fourth-order valence-corrected chi connectivity index (χ4v) is 4.09. The van der Waals surface area contributed by atoms with E-state index in [-0.39, 0.29) is 47.3 Å². The van der Waals surface area contributed by atoms with E-state index in [0.717, 1.165) is 11.3 Å². The van der Waals surface area contributed by atoms with Crippen LogP contribution in [0.15, 0.2) is 54.6 Å². The number of hydrogen-bond acceptors (Lipinski definition) is 5. The molecule has 0 fully saturated rings. The monoisotopic (exact) mass is 474 g/mol. The van der Waals surface area contributed by atoms with E-state index in [4.69, 9.17) is 11.5 Å². The van der Waals surface area contributed by atoms with Crippen molar-refractivity contribution in [3.05, 3.63) is 77.2 Å². The van der Waals surface area contributed by atoms with Gasteiger partial charge >= 0.3 is 0 Å². The van der Waals surface area contributed by atoms with E-state index in [0.29, 0.717) is 11.3 Å². The van der Waals surface area contributed by atoms with E-state index < -0.39 is 11.7 Å². The number of ketones is 1. The molecule has 1 amide bonds. The predicted molar refractivity (Wildman–Crippen MR) is 132 cm³/mol. The fraction of sp³-hybridized carbons (Fsp3) is 0.231. The number of nitrogens with two attached hydrogens (primary N) is 2. The zero-order chi connectivity index (χ0) is 25.3. The van der Waals surface area contributed by atoms with Gasteiger partial charge in [0.25, 0.3) is 5.91 Å². The van der Waals surface area contributed by atoms with Crippen LogP contribution in [0.4, 0.5) is 10.2 Å². The molecular formula is C26H27FN6O2. The highest BCUT2D eigenvalue weighted by Gasteiger charge is 2.23. The van der Waals surface area contributed by atoms with Crippen molar-refractivity contribution in [2.45, 2.75) is 32.7 Å². The van der Waals surface area contributed by atoms with Gasteiger partial charge in [-0.05, 0) is 37.1 Å². The molecule has 0 aliphatic rings. The van der Waals surface area contributed by atoms with Gasteiger partial charge in [0.1, 0.15) is 28.7 Å². The summed E-state index contributed by atoms with van der Waals surface area (Å²) in [7, 11) is 1.82. The smallest absolute Gasteiger partial charge is 0.254 e. The Morgan fingerprint density at radius 2 is 1.71 bits per heavy atom. The molecule has 0 spiro atoms. The highest BCUT2D eigenvalue weighted by molar-refractivity contribution is 6.03. The average molecular weight is 475 g/mol. The molecule has 4 rings (SSSR count). The van der Waals surface area contributed by atoms with E-state index in [1.807, 2.05) is 57.3 Å². The number of nitrogens with zero attached hydrogens (tertiary/aromatic N) is 4. The molecule has 2 aromatic heterocycles. The van der Waals surface area contributed by atoms with Gasteiger partial charge in [0, 0.05) is 25.1 Å². The third-order valence-electron chi connectivity index (χ3n) is 5.78. The number of halogens is 1. The van der Waals surface area contributed by atoms with Crippen LogP contribution in [0.5, 0.6) is 0 Å². The predicted octanol–water partition coefficient (Wildman–Crippen LogP) is 3.71. The minimum absolute atomic E-state index is 0.0475. The van der Waals surface area contributed by atoms with Crippen LogP contribution >= 0.6 is 0 Å². The molecule has 0 saturated carbocycles. The van der Waals surface area contributed by atoms with E-state index >= 15 is 0 Å². The summed E-state index contributed by atoms with van der Waals surface area (Å²) in [6.45, 7) is 3.72. The first-order chi connectivity index (χ1) is 16.7. The number of anilines is 1. The normalized spacial score (nSPS) is 11.2. The number of Topliss-reactive ketones (excluding diaryl/α,β-unsaturated/α-hetero) is 1. The molecule has 2 aromatic carbocycles. The van der Waals surface area contributed by atoms with Crippen LogP contribution in [0, 0.1) is 5.82 Å². The molecule has 0 atom stereocenters. The molecule has 0 unspecified atom stereocenters. The number of hydrogen-bond donors (Lipinski definition) is 2. The highest BCUT2D eigenvalue weighted by atomic mass is 19.1. The maximum Gasteiger partial charge on any atom is 0.254 e. The zero-order valence-corrected chi connectivity index (χ0v) is 19.8. The third-order valence-corrected chi connectivity index (χ3v) is 5.78. The third kappa shape index (κ3) is 4.84. The molecular weight excluding hydrogens is 447 g/mol. The molecule has 0 bridgehead atoms. The summed E-state index contributed by atoms with van der Waals surface area (Å²) in [5.74, 6) is -1.35. The number of carbonyl (C=O) groups is 2. The Morgan fingerprint density at radius 1 is 1.00 bits per heavy atom. The Labute approximate surface area is 202 Å². The average Bonchev–Trinajstić information content (AvgIpc) is 3.35. The first kappa shape index (κ1) is 23.9. The summed E-state index contributed by atoms with van der Waals surface area (Å²) in [5.41, 5.74) is 14.9. The van der Waals surface area contributed by atoms with Crippen LogP contribution in [0.1, 0.15) is 41.5 Å². The zero-order valence-electron chi connectivity index (χ0n) is 19.8. The molecule has 4 N–H and O–H groups in total. The molecule has 2 heterocycles. The summed E-state index contributed by atoms with van der Waals surface area (Å²) in [5, 5.41) is 8.80. The minimum atomic E-state index is -0.741. The molecule has 9 heteroatoms. The van der Waals surface area contributed by atoms with Crippen LogP contribution in [0.25, 0.3) is 22.5 Å². The number of carbonyl (C=O) groups excluding carboxylic acids is 2. The van der Waals surface area contributed by atoms with Crippen LogP contribution in [-0.2, 0) is 24.7 Å². The number of nitrogen functional groups attached to an aromatic ring is 1. The molecule has 8 nitrogen and oxygen atoms in total. The van der Waals surface area contributed by atoms with E-state index in [1.165, 1.54) is 16.8 Å². The van der Waals surface area contributed by atoms with Crippen molar-refractivity contribution in [2.24, 2.45) is 12.8 Å².